The van der Waals surface area contributed by atoms with E-state index in [1.54, 1.807) is 143 Å². The zero-order chi connectivity index (χ0) is 104. The Hall–Kier alpha value is -8.42. The van der Waals surface area contributed by atoms with Gasteiger partial charge in [-0.3, -0.25) is 27.8 Å². The molecule has 0 unspecified atom stereocenters. The molecule has 0 radical (unpaired) electrons. The van der Waals surface area contributed by atoms with Gasteiger partial charge in [0.15, 0.2) is 0 Å². The smallest absolute Gasteiger partial charge is 0.321 e. The summed E-state index contributed by atoms with van der Waals surface area (Å²) in [4.78, 5) is 62.8. The number of rotatable bonds is 38. The number of nitrogens with one attached hydrogen (secondary N) is 10. The van der Waals surface area contributed by atoms with E-state index in [1.165, 1.54) is 8.61 Å². The molecule has 6 amide bonds. The molecular formula is C97H153N13O25S7. The number of benzene rings is 5. The largest absolute Gasteiger partial charge is 0.490 e. The summed E-state index contributed by atoms with van der Waals surface area (Å²) in [5, 5.41) is 13.4. The van der Waals surface area contributed by atoms with Gasteiger partial charge in [0.05, 0.1) is 87.3 Å². The van der Waals surface area contributed by atoms with E-state index >= 15 is 0 Å². The highest BCUT2D eigenvalue weighted by atomic mass is 32.2. The number of ether oxygens (including phenoxy) is 6. The molecule has 6 saturated heterocycles. The van der Waals surface area contributed by atoms with Crippen LogP contribution in [-0.2, 0) is 104 Å². The first-order valence-corrected chi connectivity index (χ1v) is 60.0. The third-order valence-corrected chi connectivity index (χ3v) is 38.6. The molecule has 45 heteroatoms. The Bertz CT molecular complexity index is 5650. The highest BCUT2D eigenvalue weighted by Gasteiger charge is 2.37. The first-order chi connectivity index (χ1) is 66.7. The molecule has 5 aromatic carbocycles. The topological polar surface area (TPSA) is 510 Å². The van der Waals surface area contributed by atoms with Crippen molar-refractivity contribution in [3.63, 3.8) is 0 Å². The highest BCUT2D eigenvalue weighted by Crippen LogP contribution is 2.33. The number of likely N-dealkylation sites (tertiary alicyclic amines) is 1. The molecule has 0 bridgehead atoms. The second kappa shape index (κ2) is 55.4. The number of anilines is 7. The standard InChI is InChI=1S/C21H32N2O5S.C20H32N2O5S.C19H30N4O5S2.C19H30N2O5S.C18H29N3O5S2/c1-15(2)29(25,26)23-18-5-3-16(4-6-18)21(24)22-17-7-9-19(10-8-17)28-20-11-13-27-14-12-20;1-20(2,3)28(24,25)21-13-5-4-6-19(23)22-16-7-9-17(10-8-16)27-18-11-14-26-15-12-18;1-19(2,3)30(27,28)21-16-9-12-22(13-10-16)18(24)20-15-5-7-17(8-6-15)23-11-4-14-29(23,25)26;1-15(2)27(23,24)20-12-4-3-5-19(22)21-16-6-8-17(9-7-16)26-18-10-13-25-14-11-18;1-18(2,3)28(25,26)19-12-5-4-7-17(22)20-15-8-10-16(11-9-15)21-13-6-14-27(21,23)24/h7-10,15-16,18,20,23H,3-6,11-14H2,1-2H3,(H,22,24);7-10,18,21H,4-6,11-15H2,1-3H3,(H,22,23);5-8,16,21H,4,9-14H2,1-3H3,(H,20,24);6-9,15,18,20H,3-5,10-14H2,1-2H3,(H,21,22);8-11,19H,4-7,12-14H2,1-3H3,(H,20,22). The molecule has 0 spiro atoms. The molecule has 12 rings (SSSR count). The molecule has 142 heavy (non-hydrogen) atoms. The minimum Gasteiger partial charge on any atom is -0.490 e. The van der Waals surface area contributed by atoms with E-state index in [-0.39, 0.29) is 83.9 Å². The van der Waals surface area contributed by atoms with Crippen molar-refractivity contribution in [3.8, 4) is 17.2 Å². The maximum absolute atomic E-state index is 12.6. The summed E-state index contributed by atoms with van der Waals surface area (Å²) in [6.45, 7) is 28.7. The van der Waals surface area contributed by atoms with Crippen molar-refractivity contribution in [1.82, 2.24) is 28.5 Å². The number of unbranched alkanes of at least 4 members (excludes halogenated alkanes) is 3. The molecule has 7 fully saturated rings. The summed E-state index contributed by atoms with van der Waals surface area (Å²) in [5.41, 5.74) is 4.56. The fraction of sp³-hybridized carbons (Fsp3) is 0.639. The average Bonchev–Trinajstić information content (AvgIpc) is 1.29. The van der Waals surface area contributed by atoms with Gasteiger partial charge in [0, 0.05) is 150 Å². The van der Waals surface area contributed by atoms with Crippen LogP contribution in [-0.4, -0.2) is 246 Å². The predicted molar refractivity (Wildman–Crippen MR) is 557 cm³/mol. The van der Waals surface area contributed by atoms with Gasteiger partial charge in [-0.25, -0.2) is 87.3 Å². The number of amides is 6. The molecule has 1 aliphatic carbocycles. The summed E-state index contributed by atoms with van der Waals surface area (Å²) in [5.74, 6) is 2.27. The summed E-state index contributed by atoms with van der Waals surface area (Å²) >= 11 is 0. The van der Waals surface area contributed by atoms with Gasteiger partial charge in [0.25, 0.3) is 0 Å². The van der Waals surface area contributed by atoms with E-state index in [0.717, 1.165) is 112 Å². The van der Waals surface area contributed by atoms with Crippen molar-refractivity contribution in [3.05, 3.63) is 121 Å². The normalized spacial score (nSPS) is 18.6. The van der Waals surface area contributed by atoms with Gasteiger partial charge in [0.1, 0.15) is 35.6 Å². The molecule has 10 N–H and O–H groups in total. The van der Waals surface area contributed by atoms with Crippen LogP contribution in [0.4, 0.5) is 44.6 Å². The number of hydrogen-bond acceptors (Lipinski definition) is 25. The number of piperidine rings is 1. The van der Waals surface area contributed by atoms with Crippen LogP contribution in [0.15, 0.2) is 121 Å². The fourth-order valence-corrected chi connectivity index (χ4v) is 22.7. The molecule has 7 aliphatic rings. The first kappa shape index (κ1) is 119. The predicted octanol–water partition coefficient (Wildman–Crippen LogP) is 12.8. The van der Waals surface area contributed by atoms with Crippen LogP contribution < -0.4 is 73.0 Å². The van der Waals surface area contributed by atoms with Gasteiger partial charge in [-0.1, -0.05) is 0 Å². The lowest BCUT2D eigenvalue weighted by atomic mass is 9.86. The first-order valence-electron chi connectivity index (χ1n) is 49.2. The summed E-state index contributed by atoms with van der Waals surface area (Å²) in [6.07, 6.45) is 15.6. The molecular weight excluding hydrogens is 1970 g/mol. The Labute approximate surface area is 843 Å². The van der Waals surface area contributed by atoms with E-state index in [4.69, 9.17) is 28.4 Å². The van der Waals surface area contributed by atoms with Crippen LogP contribution in [0.25, 0.3) is 0 Å². The van der Waals surface area contributed by atoms with Gasteiger partial charge in [0.2, 0.25) is 93.8 Å². The molecule has 0 atom stereocenters. The average molecular weight is 2130 g/mol. The third kappa shape index (κ3) is 40.4. The van der Waals surface area contributed by atoms with E-state index in [9.17, 15) is 82.9 Å². The van der Waals surface area contributed by atoms with Gasteiger partial charge in [-0.15, -0.1) is 0 Å². The minimum atomic E-state index is -3.42. The zero-order valence-electron chi connectivity index (χ0n) is 84.4. The summed E-state index contributed by atoms with van der Waals surface area (Å²) < 4.78 is 215. The number of hydrogen-bond donors (Lipinski definition) is 10. The zero-order valence-corrected chi connectivity index (χ0v) is 90.2. The van der Waals surface area contributed by atoms with Crippen LogP contribution >= 0.6 is 0 Å². The summed E-state index contributed by atoms with van der Waals surface area (Å²) in [6, 6.07) is 35.1. The fourth-order valence-electron chi connectivity index (χ4n) is 15.1. The van der Waals surface area contributed by atoms with E-state index in [1.807, 2.05) is 72.8 Å². The Morgan fingerprint density at radius 2 is 0.662 bits per heavy atom. The van der Waals surface area contributed by atoms with Crippen molar-refractivity contribution >= 4 is 140 Å². The van der Waals surface area contributed by atoms with E-state index in [0.29, 0.717) is 171 Å². The lowest BCUT2D eigenvalue weighted by molar-refractivity contribution is -0.121. The SMILES string of the molecule is CC(C)(C)S(=O)(=O)NC1CCN(C(=O)Nc2ccc(N3CCCS3(=O)=O)cc2)CC1.CC(C)(C)S(=O)(=O)NCCCCC(=O)Nc1ccc(N2CCCS2(=O)=O)cc1.CC(C)(C)S(=O)(=O)NCCCCC(=O)Nc1ccc(OC2CCOCC2)cc1.CC(C)S(=O)(=O)NC1CCC(C(=O)Nc2ccc(OC3CCOCC3)cc2)CC1.CC(C)S(=O)(=O)NCCCCC(=O)Nc1ccc(OC2CCOCC2)cc1. The monoisotopic (exact) mass is 2120 g/mol. The van der Waals surface area contributed by atoms with Crippen LogP contribution in [0.1, 0.15) is 238 Å². The Morgan fingerprint density at radius 1 is 0.359 bits per heavy atom. The van der Waals surface area contributed by atoms with Crippen molar-refractivity contribution in [2.45, 2.75) is 293 Å². The molecule has 1 saturated carbocycles. The van der Waals surface area contributed by atoms with Crippen molar-refractivity contribution in [2.24, 2.45) is 5.92 Å². The molecule has 6 aliphatic heterocycles. The number of nitrogens with zero attached hydrogens (tertiary/aromatic N) is 3. The second-order valence-electron chi connectivity index (χ2n) is 39.6. The quantitative estimate of drug-likeness (QED) is 0.0164. The van der Waals surface area contributed by atoms with Crippen molar-refractivity contribution < 1.29 is 111 Å². The van der Waals surface area contributed by atoms with Gasteiger partial charge < -0.3 is 59.9 Å². The minimum absolute atomic E-state index is 0.00624. The van der Waals surface area contributed by atoms with Gasteiger partial charge >= 0.3 is 6.03 Å². The van der Waals surface area contributed by atoms with Crippen LogP contribution in [0.5, 0.6) is 17.2 Å². The van der Waals surface area contributed by atoms with Gasteiger partial charge in [-0.2, -0.15) is 0 Å². The molecule has 0 aromatic heterocycles. The van der Waals surface area contributed by atoms with Crippen LogP contribution in [0.3, 0.4) is 0 Å². The molecule has 6 heterocycles. The number of urea groups is 1. The lowest BCUT2D eigenvalue weighted by Crippen LogP contribution is -2.50. The Kier molecular flexibility index (Phi) is 46.3. The van der Waals surface area contributed by atoms with Gasteiger partial charge in [-0.05, 0) is 301 Å². The van der Waals surface area contributed by atoms with Crippen molar-refractivity contribution in [1.29, 1.82) is 0 Å². The third-order valence-electron chi connectivity index (χ3n) is 24.4. The number of sulfonamides is 7. The Morgan fingerprint density at radius 3 is 0.972 bits per heavy atom. The maximum Gasteiger partial charge on any atom is 0.321 e. The highest BCUT2D eigenvalue weighted by molar-refractivity contribution is 7.93. The van der Waals surface area contributed by atoms with Crippen LogP contribution in [0.2, 0.25) is 0 Å². The Balaban J connectivity index is 0.000000217. The molecule has 38 nitrogen and oxygen atoms in total. The van der Waals surface area contributed by atoms with Crippen LogP contribution in [0, 0.1) is 5.92 Å². The number of carbonyl (C=O) groups excluding carboxylic acids is 5. The summed E-state index contributed by atoms with van der Waals surface area (Å²) in [7, 11) is -23.1. The van der Waals surface area contributed by atoms with Crippen molar-refractivity contribution in [2.75, 3.05) is 132 Å². The van der Waals surface area contributed by atoms with E-state index in [2.05, 4.69) is 50.2 Å². The van der Waals surface area contributed by atoms with E-state index < -0.39 is 94.9 Å². The number of carbonyl (C=O) groups is 5. The maximum atomic E-state index is 12.6. The molecule has 5 aromatic rings. The second-order valence-corrected chi connectivity index (χ2v) is 55.8. The molecule has 798 valence electrons. The lowest BCUT2D eigenvalue weighted by Gasteiger charge is -2.33.